The van der Waals surface area contributed by atoms with E-state index in [0.29, 0.717) is 16.6 Å². The average molecular weight is 400 g/mol. The summed E-state index contributed by atoms with van der Waals surface area (Å²) < 4.78 is 1.67. The summed E-state index contributed by atoms with van der Waals surface area (Å²) in [6, 6.07) is 26.6. The van der Waals surface area contributed by atoms with E-state index in [2.05, 4.69) is 0 Å². The minimum Gasteiger partial charge on any atom is -0.289 e. The van der Waals surface area contributed by atoms with Crippen molar-refractivity contribution < 1.29 is 4.79 Å². The van der Waals surface area contributed by atoms with Crippen LogP contribution in [0.3, 0.4) is 0 Å². The molecule has 0 spiro atoms. The van der Waals surface area contributed by atoms with Crippen molar-refractivity contribution in [2.45, 2.75) is 0 Å². The maximum atomic E-state index is 13.4. The Morgan fingerprint density at radius 2 is 1.55 bits per heavy atom. The molecule has 0 unspecified atom stereocenters. The molecule has 146 valence electrons. The van der Waals surface area contributed by atoms with Crippen LogP contribution in [0, 0.1) is 0 Å². The van der Waals surface area contributed by atoms with Crippen molar-refractivity contribution >= 4 is 50.1 Å². The highest BCUT2D eigenvalue weighted by Crippen LogP contribution is 2.31. The highest BCUT2D eigenvalue weighted by Gasteiger charge is 2.18. The molecule has 0 amide bonds. The molecule has 0 saturated heterocycles. The summed E-state index contributed by atoms with van der Waals surface area (Å²) in [5.74, 6) is -0.0981. The molecule has 4 aromatic carbocycles. The van der Waals surface area contributed by atoms with Crippen molar-refractivity contribution in [1.82, 2.24) is 9.38 Å². The minimum atomic E-state index is -0.119. The number of rotatable bonds is 3. The maximum Gasteiger partial charge on any atom is 0.264 e. The highest BCUT2D eigenvalue weighted by molar-refractivity contribution is 6.23. The number of aromatic nitrogens is 2. The Hall–Kier alpha value is -4.31. The summed E-state index contributed by atoms with van der Waals surface area (Å²) in [5.41, 5.74) is 3.60. The van der Waals surface area contributed by atoms with E-state index in [0.717, 1.165) is 32.8 Å². The van der Waals surface area contributed by atoms with Gasteiger partial charge in [-0.1, -0.05) is 66.7 Å². The van der Waals surface area contributed by atoms with Gasteiger partial charge < -0.3 is 0 Å². The lowest BCUT2D eigenvalue weighted by atomic mass is 9.95. The smallest absolute Gasteiger partial charge is 0.264 e. The van der Waals surface area contributed by atoms with Crippen LogP contribution in [0.2, 0.25) is 0 Å². The van der Waals surface area contributed by atoms with Crippen LogP contribution in [-0.4, -0.2) is 15.2 Å². The number of nitrogens with zero attached hydrogens (tertiary/aromatic N) is 2. The molecule has 2 aromatic heterocycles. The van der Waals surface area contributed by atoms with Crippen LogP contribution in [0.1, 0.15) is 15.9 Å². The molecule has 4 heteroatoms. The lowest BCUT2D eigenvalue weighted by Crippen LogP contribution is -2.13. The number of fused-ring (bicyclic) bond motifs is 4. The highest BCUT2D eigenvalue weighted by atomic mass is 16.1. The summed E-state index contributed by atoms with van der Waals surface area (Å²) in [4.78, 5) is 31.1. The molecular weight excluding hydrogens is 384 g/mol. The molecule has 0 saturated carbocycles. The summed E-state index contributed by atoms with van der Waals surface area (Å²) in [6.45, 7) is 0. The zero-order valence-electron chi connectivity index (χ0n) is 16.4. The van der Waals surface area contributed by atoms with E-state index in [4.69, 9.17) is 4.98 Å². The number of hydrogen-bond acceptors (Lipinski definition) is 3. The maximum absolute atomic E-state index is 13.4. The number of carbonyl (C=O) groups excluding carboxylic acids is 1. The van der Waals surface area contributed by atoms with Crippen molar-refractivity contribution in [3.05, 3.63) is 112 Å². The molecule has 0 aliphatic rings. The molecule has 4 nitrogen and oxygen atoms in total. The molecule has 0 N–H and O–H groups in total. The largest absolute Gasteiger partial charge is 0.289 e. The van der Waals surface area contributed by atoms with Crippen LogP contribution in [0.4, 0.5) is 0 Å². The molecule has 31 heavy (non-hydrogen) atoms. The SMILES string of the molecule is O=C(/C=C\c1ccccc1)c1ccc2c(=O)n3c4ccccc4nc3c3cccc1c23. The second-order valence-corrected chi connectivity index (χ2v) is 7.56. The van der Waals surface area contributed by atoms with E-state index in [1.807, 2.05) is 78.9 Å². The number of imidazole rings is 1. The number of benzene rings is 4. The molecular formula is C27H16N2O2. The van der Waals surface area contributed by atoms with Gasteiger partial charge in [0.2, 0.25) is 0 Å². The van der Waals surface area contributed by atoms with Gasteiger partial charge in [-0.05, 0) is 41.3 Å². The van der Waals surface area contributed by atoms with Crippen molar-refractivity contribution in [3.63, 3.8) is 0 Å². The van der Waals surface area contributed by atoms with Gasteiger partial charge in [0.25, 0.3) is 5.56 Å². The average Bonchev–Trinajstić information content (AvgIpc) is 3.21. The van der Waals surface area contributed by atoms with Crippen LogP contribution in [0.25, 0.3) is 44.3 Å². The monoisotopic (exact) mass is 400 g/mol. The predicted molar refractivity (Wildman–Crippen MR) is 125 cm³/mol. The molecule has 0 atom stereocenters. The van der Waals surface area contributed by atoms with Crippen molar-refractivity contribution in [2.75, 3.05) is 0 Å². The van der Waals surface area contributed by atoms with Crippen LogP contribution in [0.5, 0.6) is 0 Å². The quantitative estimate of drug-likeness (QED) is 0.292. The van der Waals surface area contributed by atoms with Gasteiger partial charge in [-0.15, -0.1) is 0 Å². The zero-order chi connectivity index (χ0) is 20.9. The molecule has 6 rings (SSSR count). The fraction of sp³-hybridized carbons (Fsp3) is 0. The number of allylic oxidation sites excluding steroid dienone is 1. The van der Waals surface area contributed by atoms with Crippen LogP contribution in [-0.2, 0) is 0 Å². The molecule has 2 heterocycles. The van der Waals surface area contributed by atoms with Crippen molar-refractivity contribution in [1.29, 1.82) is 0 Å². The number of para-hydroxylation sites is 2. The normalized spacial score (nSPS) is 12.0. The van der Waals surface area contributed by atoms with E-state index >= 15 is 0 Å². The number of hydrogen-bond donors (Lipinski definition) is 0. The number of pyridine rings is 1. The summed E-state index contributed by atoms with van der Waals surface area (Å²) >= 11 is 0. The van der Waals surface area contributed by atoms with E-state index < -0.39 is 0 Å². The second kappa shape index (κ2) is 6.61. The van der Waals surface area contributed by atoms with Gasteiger partial charge in [0.05, 0.1) is 11.0 Å². The first kappa shape index (κ1) is 17.5. The van der Waals surface area contributed by atoms with Crippen LogP contribution in [0.15, 0.2) is 95.8 Å². The first-order chi connectivity index (χ1) is 15.2. The Bertz CT molecular complexity index is 1710. The Morgan fingerprint density at radius 3 is 2.42 bits per heavy atom. The lowest BCUT2D eigenvalue weighted by molar-refractivity contribution is 0.104. The van der Waals surface area contributed by atoms with Crippen molar-refractivity contribution in [3.8, 4) is 0 Å². The van der Waals surface area contributed by atoms with Gasteiger partial charge in [-0.3, -0.25) is 14.0 Å². The first-order valence-electron chi connectivity index (χ1n) is 10.1. The standard InChI is InChI=1S/C27H16N2O2/c30-24(16-13-17-7-2-1-3-8-17)18-14-15-21-25-19(18)9-6-10-20(25)26-28-22-11-4-5-12-23(22)29(26)27(21)31/h1-16H/b16-13-. The summed E-state index contributed by atoms with van der Waals surface area (Å²) in [7, 11) is 0. The van der Waals surface area contributed by atoms with Gasteiger partial charge in [-0.25, -0.2) is 4.98 Å². The minimum absolute atomic E-state index is 0.0981. The second-order valence-electron chi connectivity index (χ2n) is 7.56. The van der Waals surface area contributed by atoms with E-state index in [-0.39, 0.29) is 11.3 Å². The third-order valence-corrected chi connectivity index (χ3v) is 5.77. The Labute approximate surface area is 177 Å². The van der Waals surface area contributed by atoms with E-state index in [1.165, 1.54) is 0 Å². The van der Waals surface area contributed by atoms with Gasteiger partial charge in [0.1, 0.15) is 5.65 Å². The molecule has 0 bridgehead atoms. The van der Waals surface area contributed by atoms with Gasteiger partial charge in [0, 0.05) is 21.7 Å². The fourth-order valence-electron chi connectivity index (χ4n) is 4.34. The molecule has 0 fully saturated rings. The Morgan fingerprint density at radius 1 is 0.774 bits per heavy atom. The predicted octanol–water partition coefficient (Wildman–Crippen LogP) is 5.49. The zero-order valence-corrected chi connectivity index (χ0v) is 16.4. The lowest BCUT2D eigenvalue weighted by Gasteiger charge is -2.10. The third kappa shape index (κ3) is 2.58. The van der Waals surface area contributed by atoms with Gasteiger partial charge in [0.15, 0.2) is 5.78 Å². The third-order valence-electron chi connectivity index (χ3n) is 5.77. The number of carbonyl (C=O) groups is 1. The number of ketones is 1. The summed E-state index contributed by atoms with van der Waals surface area (Å²) in [5, 5.41) is 3.01. The van der Waals surface area contributed by atoms with Crippen LogP contribution < -0.4 is 5.56 Å². The molecule has 6 aromatic rings. The molecule has 0 aliphatic heterocycles. The van der Waals surface area contributed by atoms with Gasteiger partial charge >= 0.3 is 0 Å². The van der Waals surface area contributed by atoms with E-state index in [9.17, 15) is 9.59 Å². The van der Waals surface area contributed by atoms with E-state index in [1.54, 1.807) is 22.6 Å². The Balaban J connectivity index is 1.63. The topological polar surface area (TPSA) is 51.4 Å². The van der Waals surface area contributed by atoms with Crippen molar-refractivity contribution in [2.24, 2.45) is 0 Å². The van der Waals surface area contributed by atoms with Gasteiger partial charge in [-0.2, -0.15) is 0 Å². The fourth-order valence-corrected chi connectivity index (χ4v) is 4.34. The molecule has 0 aliphatic carbocycles. The first-order valence-corrected chi connectivity index (χ1v) is 10.1. The van der Waals surface area contributed by atoms with Crippen LogP contribution >= 0.6 is 0 Å². The Kier molecular flexibility index (Phi) is 3.74. The molecule has 0 radical (unpaired) electrons. The summed E-state index contributed by atoms with van der Waals surface area (Å²) in [6.07, 6.45) is 3.39.